The lowest BCUT2D eigenvalue weighted by atomic mass is 9.54. The van der Waals surface area contributed by atoms with E-state index in [9.17, 15) is 24.5 Å². The highest BCUT2D eigenvalue weighted by atomic mass is 35.5. The number of nitrogens with zero attached hydrogens (tertiary/aromatic N) is 2. The first-order valence-corrected chi connectivity index (χ1v) is 13.2. The number of amides is 2. The van der Waals surface area contributed by atoms with E-state index in [1.807, 2.05) is 48.5 Å². The molecule has 2 amide bonds. The zero-order valence-corrected chi connectivity index (χ0v) is 22.4. The van der Waals surface area contributed by atoms with Crippen LogP contribution in [0.4, 0.5) is 5.69 Å². The van der Waals surface area contributed by atoms with Gasteiger partial charge in [0.05, 0.1) is 28.7 Å². The molecule has 198 valence electrons. The molecule has 3 aromatic carbocycles. The molecule has 3 aliphatic carbocycles. The first kappa shape index (κ1) is 25.8. The minimum atomic E-state index is -1.30. The van der Waals surface area contributed by atoms with E-state index >= 15 is 0 Å². The number of ether oxygens (including phenoxy) is 1. The summed E-state index contributed by atoms with van der Waals surface area (Å²) in [6.07, 6.45) is -0.303. The number of nitro groups is 1. The fourth-order valence-corrected chi connectivity index (χ4v) is 7.47. The van der Waals surface area contributed by atoms with Crippen molar-refractivity contribution >= 4 is 58.3 Å². The first-order chi connectivity index (χ1) is 18.6. The molecule has 1 fully saturated rings. The maximum atomic E-state index is 13.8. The third-order valence-corrected chi connectivity index (χ3v) is 9.37. The van der Waals surface area contributed by atoms with Gasteiger partial charge in [0, 0.05) is 17.6 Å². The molecular formula is C28H19Cl3N2O6. The van der Waals surface area contributed by atoms with Crippen LogP contribution < -0.4 is 0 Å². The van der Waals surface area contributed by atoms with Crippen LogP contribution in [0.2, 0.25) is 5.02 Å². The van der Waals surface area contributed by atoms with Gasteiger partial charge in [-0.2, -0.15) is 0 Å². The van der Waals surface area contributed by atoms with Crippen molar-refractivity contribution in [2.24, 2.45) is 11.8 Å². The van der Waals surface area contributed by atoms with Gasteiger partial charge in [-0.05, 0) is 34.4 Å². The van der Waals surface area contributed by atoms with Crippen LogP contribution >= 0.6 is 34.8 Å². The molecule has 2 atom stereocenters. The van der Waals surface area contributed by atoms with Crippen molar-refractivity contribution in [3.8, 4) is 0 Å². The van der Waals surface area contributed by atoms with Gasteiger partial charge in [-0.25, -0.2) is 0 Å². The number of esters is 1. The molecule has 0 unspecified atom stereocenters. The average Bonchev–Trinajstić information content (AvgIpc) is 3.20. The minimum Gasteiger partial charge on any atom is -0.460 e. The van der Waals surface area contributed by atoms with E-state index in [0.717, 1.165) is 4.90 Å². The van der Waals surface area contributed by atoms with Crippen molar-refractivity contribution in [2.45, 2.75) is 22.8 Å². The molecule has 0 saturated carbocycles. The molecule has 0 N–H and O–H groups in total. The summed E-state index contributed by atoms with van der Waals surface area (Å²) in [6.45, 7) is -0.599. The quantitative estimate of drug-likeness (QED) is 0.128. The highest BCUT2D eigenvalue weighted by Crippen LogP contribution is 2.69. The molecule has 1 heterocycles. The number of rotatable bonds is 6. The standard InChI is InChI=1S/C28H19Cl3N2O6/c29-16-10-9-15(21(13-16)33(37)38)14-39-22(34)11-12-32-25(35)23-24(26(32)36)28(31)18-6-2-1-5-17(18)27(23,30)19-7-3-4-8-20(19)28/h1-10,13,23-24H,11-12,14H2/t23-,24-,27?,28?/m1/s1. The van der Waals surface area contributed by atoms with E-state index < -0.39 is 44.3 Å². The molecule has 0 radical (unpaired) electrons. The maximum Gasteiger partial charge on any atom is 0.307 e. The van der Waals surface area contributed by atoms with Gasteiger partial charge in [0.25, 0.3) is 5.69 Å². The van der Waals surface area contributed by atoms with Crippen LogP contribution in [0, 0.1) is 22.0 Å². The van der Waals surface area contributed by atoms with Gasteiger partial charge in [-0.3, -0.25) is 29.4 Å². The van der Waals surface area contributed by atoms with Crippen LogP contribution in [-0.2, 0) is 35.5 Å². The largest absolute Gasteiger partial charge is 0.460 e. The van der Waals surface area contributed by atoms with Gasteiger partial charge in [0.1, 0.15) is 16.4 Å². The van der Waals surface area contributed by atoms with Crippen molar-refractivity contribution in [1.82, 2.24) is 4.90 Å². The van der Waals surface area contributed by atoms with Crippen molar-refractivity contribution in [3.63, 3.8) is 0 Å². The highest BCUT2D eigenvalue weighted by molar-refractivity contribution is 6.36. The van der Waals surface area contributed by atoms with E-state index in [1.54, 1.807) is 0 Å². The van der Waals surface area contributed by atoms with Gasteiger partial charge in [-0.15, -0.1) is 23.2 Å². The number of carbonyl (C=O) groups excluding carboxylic acids is 3. The number of carbonyl (C=O) groups is 3. The van der Waals surface area contributed by atoms with E-state index in [0.29, 0.717) is 22.3 Å². The van der Waals surface area contributed by atoms with Gasteiger partial charge in [0.15, 0.2) is 0 Å². The van der Waals surface area contributed by atoms with E-state index in [1.165, 1.54) is 18.2 Å². The zero-order valence-electron chi connectivity index (χ0n) is 20.1. The van der Waals surface area contributed by atoms with Crippen LogP contribution in [0.15, 0.2) is 66.7 Å². The number of hydrogen-bond acceptors (Lipinski definition) is 6. The van der Waals surface area contributed by atoms with Gasteiger partial charge in [-0.1, -0.05) is 60.1 Å². The van der Waals surface area contributed by atoms with Crippen molar-refractivity contribution in [2.75, 3.05) is 6.54 Å². The fourth-order valence-electron chi connectivity index (χ4n) is 6.21. The Hall–Kier alpha value is -3.46. The first-order valence-electron chi connectivity index (χ1n) is 12.1. The Bertz CT molecular complexity index is 1470. The Labute approximate surface area is 237 Å². The molecule has 0 aromatic heterocycles. The van der Waals surface area contributed by atoms with E-state index in [-0.39, 0.29) is 35.8 Å². The highest BCUT2D eigenvalue weighted by Gasteiger charge is 2.72. The SMILES string of the molecule is O=C(CCN1C(=O)[C@H]2[C@H](C1=O)C1(Cl)c3ccccc3C2(Cl)c2ccccc21)OCc1ccc(Cl)cc1[N+](=O)[O-]. The molecule has 1 aliphatic heterocycles. The number of hydrogen-bond donors (Lipinski definition) is 0. The molecule has 39 heavy (non-hydrogen) atoms. The van der Waals surface area contributed by atoms with E-state index in [2.05, 4.69) is 0 Å². The Morgan fingerprint density at radius 3 is 1.85 bits per heavy atom. The third kappa shape index (κ3) is 3.55. The Morgan fingerprint density at radius 2 is 1.38 bits per heavy atom. The number of alkyl halides is 2. The van der Waals surface area contributed by atoms with Crippen LogP contribution in [0.1, 0.15) is 34.2 Å². The molecule has 4 aliphatic rings. The topological polar surface area (TPSA) is 107 Å². The molecule has 0 spiro atoms. The predicted molar refractivity (Wildman–Crippen MR) is 142 cm³/mol. The number of nitro benzene ring substituents is 1. The van der Waals surface area contributed by atoms with Gasteiger partial charge < -0.3 is 4.74 Å². The lowest BCUT2D eigenvalue weighted by Crippen LogP contribution is -2.57. The molecular weight excluding hydrogens is 567 g/mol. The number of halogens is 3. The second kappa shape index (κ2) is 9.05. The smallest absolute Gasteiger partial charge is 0.307 e. The van der Waals surface area contributed by atoms with Gasteiger partial charge in [0.2, 0.25) is 11.8 Å². The van der Waals surface area contributed by atoms with Crippen LogP contribution in [-0.4, -0.2) is 34.2 Å². The zero-order chi connectivity index (χ0) is 27.7. The number of likely N-dealkylation sites (tertiary alicyclic amines) is 1. The van der Waals surface area contributed by atoms with Crippen LogP contribution in [0.5, 0.6) is 0 Å². The monoisotopic (exact) mass is 584 g/mol. The number of benzene rings is 3. The van der Waals surface area contributed by atoms with Crippen molar-refractivity contribution < 1.29 is 24.0 Å². The van der Waals surface area contributed by atoms with Crippen molar-refractivity contribution in [1.29, 1.82) is 0 Å². The maximum absolute atomic E-state index is 13.8. The Morgan fingerprint density at radius 1 is 0.897 bits per heavy atom. The summed E-state index contributed by atoms with van der Waals surface area (Å²) in [5, 5.41) is 11.5. The summed E-state index contributed by atoms with van der Waals surface area (Å²) in [5.74, 6) is -3.65. The lowest BCUT2D eigenvalue weighted by molar-refractivity contribution is -0.385. The normalized spacial score (nSPS) is 26.2. The molecule has 1 saturated heterocycles. The summed E-state index contributed by atoms with van der Waals surface area (Å²) in [6, 6.07) is 18.6. The second-order valence-electron chi connectivity index (χ2n) is 9.74. The van der Waals surface area contributed by atoms with E-state index in [4.69, 9.17) is 39.5 Å². The molecule has 11 heteroatoms. The molecule has 8 nitrogen and oxygen atoms in total. The molecule has 7 rings (SSSR count). The summed E-state index contributed by atoms with van der Waals surface area (Å²) in [5.41, 5.74) is 2.64. The predicted octanol–water partition coefficient (Wildman–Crippen LogP) is 5.27. The number of imide groups is 1. The minimum absolute atomic E-state index is 0.164. The van der Waals surface area contributed by atoms with Crippen molar-refractivity contribution in [3.05, 3.63) is 110 Å². The van der Waals surface area contributed by atoms with Crippen LogP contribution in [0.3, 0.4) is 0 Å². The second-order valence-corrected chi connectivity index (χ2v) is 11.4. The molecule has 2 bridgehead atoms. The summed E-state index contributed by atoms with van der Waals surface area (Å²) in [7, 11) is 0. The molecule has 3 aromatic rings. The van der Waals surface area contributed by atoms with Gasteiger partial charge >= 0.3 is 5.97 Å². The summed E-state index contributed by atoms with van der Waals surface area (Å²) in [4.78, 5) is 49.2. The Balaban J connectivity index is 1.25. The lowest BCUT2D eigenvalue weighted by Gasteiger charge is -2.54. The summed E-state index contributed by atoms with van der Waals surface area (Å²) < 4.78 is 5.22. The third-order valence-electron chi connectivity index (χ3n) is 7.85. The summed E-state index contributed by atoms with van der Waals surface area (Å²) >= 11 is 20.6. The fraction of sp³-hybridized carbons (Fsp3) is 0.250. The Kier molecular flexibility index (Phi) is 5.98. The van der Waals surface area contributed by atoms with Crippen LogP contribution in [0.25, 0.3) is 0 Å². The average molecular weight is 586 g/mol.